The summed E-state index contributed by atoms with van der Waals surface area (Å²) in [4.78, 5) is 40.9. The van der Waals surface area contributed by atoms with E-state index >= 15 is 0 Å². The Morgan fingerprint density at radius 2 is 1.64 bits per heavy atom. The fourth-order valence-electron chi connectivity index (χ4n) is 8.71. The number of nitrogens with zero attached hydrogens (tertiary/aromatic N) is 1. The van der Waals surface area contributed by atoms with Crippen LogP contribution in [-0.4, -0.2) is 71.1 Å². The summed E-state index contributed by atoms with van der Waals surface area (Å²) in [5.41, 5.74) is -1.13. The molecule has 294 valence electrons. The number of carbonyl (C=O) groups excluding carboxylic acids is 3. The number of likely N-dealkylation sites (tertiary alicyclic amines) is 1. The van der Waals surface area contributed by atoms with Crippen molar-refractivity contribution in [3.8, 4) is 11.5 Å². The van der Waals surface area contributed by atoms with Crippen LogP contribution in [0.3, 0.4) is 0 Å². The highest BCUT2D eigenvalue weighted by molar-refractivity contribution is 5.80. The molecule has 1 spiro atoms. The highest BCUT2D eigenvalue weighted by atomic mass is 16.7. The number of benzene rings is 1. The van der Waals surface area contributed by atoms with Gasteiger partial charge in [0.05, 0.1) is 11.0 Å². The Morgan fingerprint density at radius 3 is 2.32 bits per heavy atom. The van der Waals surface area contributed by atoms with Gasteiger partial charge in [-0.05, 0) is 104 Å². The van der Waals surface area contributed by atoms with Gasteiger partial charge in [-0.25, -0.2) is 9.59 Å². The minimum atomic E-state index is -1.22. The number of ether oxygens (including phenoxy) is 5. The Morgan fingerprint density at radius 1 is 0.981 bits per heavy atom. The third-order valence-electron chi connectivity index (χ3n) is 11.4. The van der Waals surface area contributed by atoms with Crippen molar-refractivity contribution in [2.24, 2.45) is 0 Å². The lowest BCUT2D eigenvalue weighted by molar-refractivity contribution is -0.175. The van der Waals surface area contributed by atoms with Crippen molar-refractivity contribution in [1.82, 2.24) is 4.90 Å². The molecule has 0 unspecified atom stereocenters. The molecule has 2 aliphatic carbocycles. The first-order chi connectivity index (χ1) is 25.3. The molecule has 0 aromatic heterocycles. The predicted molar refractivity (Wildman–Crippen MR) is 203 cm³/mol. The van der Waals surface area contributed by atoms with Gasteiger partial charge >= 0.3 is 18.1 Å². The zero-order valence-electron chi connectivity index (χ0n) is 33.0. The molecule has 0 radical (unpaired) electrons. The Kier molecular flexibility index (Phi) is 13.7. The first-order valence-electron chi connectivity index (χ1n) is 20.2. The summed E-state index contributed by atoms with van der Waals surface area (Å²) < 4.78 is 29.1. The van der Waals surface area contributed by atoms with Crippen LogP contribution in [0.2, 0.25) is 0 Å². The number of hydrogen-bond donors (Lipinski definition) is 1. The van der Waals surface area contributed by atoms with Crippen molar-refractivity contribution in [3.05, 3.63) is 47.2 Å². The predicted octanol–water partition coefficient (Wildman–Crippen LogP) is 8.79. The Bertz CT molecular complexity index is 1510. The molecule has 1 aromatic rings. The summed E-state index contributed by atoms with van der Waals surface area (Å²) in [7, 11) is 2.01. The van der Waals surface area contributed by atoms with Crippen LogP contribution in [0.25, 0.3) is 0 Å². The van der Waals surface area contributed by atoms with Gasteiger partial charge in [-0.3, -0.25) is 4.79 Å². The van der Waals surface area contributed by atoms with Crippen LogP contribution in [0.5, 0.6) is 11.5 Å². The maximum atomic E-state index is 13.4. The van der Waals surface area contributed by atoms with E-state index in [0.717, 1.165) is 43.2 Å². The molecule has 5 atom stereocenters. The maximum absolute atomic E-state index is 13.4. The molecule has 53 heavy (non-hydrogen) atoms. The van der Waals surface area contributed by atoms with E-state index in [9.17, 15) is 19.5 Å². The van der Waals surface area contributed by atoms with Crippen LogP contribution in [-0.2, 0) is 35.6 Å². The van der Waals surface area contributed by atoms with E-state index in [2.05, 4.69) is 24.0 Å². The maximum Gasteiger partial charge on any atom is 0.514 e. The van der Waals surface area contributed by atoms with Crippen LogP contribution in [0.15, 0.2) is 36.1 Å². The van der Waals surface area contributed by atoms with Crippen LogP contribution >= 0.6 is 0 Å². The lowest BCUT2D eigenvalue weighted by Gasteiger charge is -2.61. The van der Waals surface area contributed by atoms with E-state index < -0.39 is 46.9 Å². The van der Waals surface area contributed by atoms with Gasteiger partial charge in [0.2, 0.25) is 0 Å². The molecule has 1 aromatic carbocycles. The van der Waals surface area contributed by atoms with Gasteiger partial charge in [0.15, 0.2) is 23.7 Å². The number of hydrogen-bond acceptors (Lipinski definition) is 10. The SMILES string of the molecule is CCCCCCCC/C=C\CCCCCCCC(=O)O[C@@H](C)C(=O)OC1=CC[C@@]2(O)[C@H]3Cc4ccc(OC(=O)OC(C)(C)C)c5c4[C@@]2(CCN3C)[C@H]1O5. The number of esters is 2. The lowest BCUT2D eigenvalue weighted by Crippen LogP contribution is -2.74. The monoisotopic (exact) mass is 737 g/mol. The molecule has 4 aliphatic rings. The third-order valence-corrected chi connectivity index (χ3v) is 11.4. The molecule has 2 aliphatic heterocycles. The van der Waals surface area contributed by atoms with E-state index in [1.165, 1.54) is 51.9 Å². The summed E-state index contributed by atoms with van der Waals surface area (Å²) in [5, 5.41) is 12.5. The highest BCUT2D eigenvalue weighted by Gasteiger charge is 2.72. The molecule has 0 amide bonds. The summed E-state index contributed by atoms with van der Waals surface area (Å²) in [6.45, 7) is 9.72. The molecule has 10 nitrogen and oxygen atoms in total. The molecule has 2 bridgehead atoms. The number of unbranched alkanes of at least 4 members (excludes halogenated alkanes) is 11. The van der Waals surface area contributed by atoms with E-state index in [1.807, 2.05) is 13.1 Å². The van der Waals surface area contributed by atoms with E-state index in [-0.39, 0.29) is 30.4 Å². The van der Waals surface area contributed by atoms with Crippen molar-refractivity contribution < 1.29 is 43.2 Å². The number of piperidine rings is 1. The fourth-order valence-corrected chi connectivity index (χ4v) is 8.71. The Balaban J connectivity index is 1.11. The lowest BCUT2D eigenvalue weighted by atomic mass is 9.50. The number of allylic oxidation sites excluding steroid dienone is 2. The van der Waals surface area contributed by atoms with Gasteiger partial charge in [0.1, 0.15) is 11.4 Å². The Hall–Kier alpha value is -3.37. The summed E-state index contributed by atoms with van der Waals surface area (Å²) in [5.74, 6) is -0.342. The smallest absolute Gasteiger partial charge is 0.477 e. The van der Waals surface area contributed by atoms with Crippen molar-refractivity contribution in [2.45, 2.75) is 179 Å². The second kappa shape index (κ2) is 17.8. The molecule has 2 heterocycles. The first kappa shape index (κ1) is 40.8. The normalized spacial score (nSPS) is 24.9. The van der Waals surface area contributed by atoms with Crippen LogP contribution in [0.4, 0.5) is 4.79 Å². The summed E-state index contributed by atoms with van der Waals surface area (Å²) in [6, 6.07) is 3.42. The van der Waals surface area contributed by atoms with Gasteiger partial charge in [-0.15, -0.1) is 0 Å². The van der Waals surface area contributed by atoms with E-state index in [1.54, 1.807) is 32.9 Å². The van der Waals surface area contributed by atoms with Crippen LogP contribution < -0.4 is 9.47 Å². The molecular weight excluding hydrogens is 674 g/mol. The molecule has 0 saturated carbocycles. The van der Waals surface area contributed by atoms with Crippen molar-refractivity contribution in [3.63, 3.8) is 0 Å². The number of carbonyl (C=O) groups is 3. The second-order valence-electron chi connectivity index (χ2n) is 16.5. The molecule has 1 N–H and O–H groups in total. The van der Waals surface area contributed by atoms with E-state index in [4.69, 9.17) is 23.7 Å². The third kappa shape index (κ3) is 9.30. The average Bonchev–Trinajstić information content (AvgIpc) is 3.45. The molecule has 5 rings (SSSR count). The number of aliphatic hydroxyl groups is 1. The quantitative estimate of drug-likeness (QED) is 0.0485. The number of rotatable bonds is 19. The second-order valence-corrected chi connectivity index (χ2v) is 16.5. The Labute approximate surface area is 316 Å². The van der Waals surface area contributed by atoms with Crippen molar-refractivity contribution in [2.75, 3.05) is 13.6 Å². The van der Waals surface area contributed by atoms with Gasteiger partial charge in [0.25, 0.3) is 0 Å². The molecular formula is C43H63NO9. The average molecular weight is 738 g/mol. The highest BCUT2D eigenvalue weighted by Crippen LogP contribution is 2.65. The summed E-state index contributed by atoms with van der Waals surface area (Å²) in [6.07, 6.45) is 20.4. The molecule has 1 saturated heterocycles. The standard InChI is InChI=1S/C43H63NO9/c1-7-8-9-10-11-12-13-14-15-16-17-18-19-20-21-22-35(45)49-30(2)39(46)50-33-25-26-43(48)34-29-31-23-24-32(51-40(47)53-41(3,4)5)37-36(31)42(43,38(33)52-37)27-28-44(34)6/h14-15,23-25,30,34,38,48H,7-13,16-22,26-29H2,1-6H3/b15-14-/t30-,34+,38-,42-,43+/m0/s1. The largest absolute Gasteiger partial charge is 0.514 e. The van der Waals surface area contributed by atoms with Gasteiger partial charge in [-0.2, -0.15) is 0 Å². The number of likely N-dealkylation sites (N-methyl/N-ethyl adjacent to an activating group) is 1. The fraction of sp³-hybridized carbons (Fsp3) is 0.698. The minimum absolute atomic E-state index is 0.185. The van der Waals surface area contributed by atoms with Gasteiger partial charge in [0, 0.05) is 24.4 Å². The molecule has 1 fully saturated rings. The minimum Gasteiger partial charge on any atom is -0.477 e. The van der Waals surface area contributed by atoms with Gasteiger partial charge in [-0.1, -0.05) is 76.5 Å². The van der Waals surface area contributed by atoms with E-state index in [0.29, 0.717) is 31.6 Å². The van der Waals surface area contributed by atoms with Crippen LogP contribution in [0, 0.1) is 0 Å². The molecule has 10 heteroatoms. The zero-order chi connectivity index (χ0) is 38.2. The van der Waals surface area contributed by atoms with Gasteiger partial charge < -0.3 is 33.7 Å². The van der Waals surface area contributed by atoms with Crippen molar-refractivity contribution >= 4 is 18.1 Å². The van der Waals surface area contributed by atoms with Crippen molar-refractivity contribution in [1.29, 1.82) is 0 Å². The van der Waals surface area contributed by atoms with Crippen LogP contribution in [0.1, 0.15) is 148 Å². The first-order valence-corrected chi connectivity index (χ1v) is 20.2. The topological polar surface area (TPSA) is 121 Å². The summed E-state index contributed by atoms with van der Waals surface area (Å²) >= 11 is 0. The zero-order valence-corrected chi connectivity index (χ0v) is 33.0.